The van der Waals surface area contributed by atoms with E-state index in [2.05, 4.69) is 61.7 Å². The van der Waals surface area contributed by atoms with Crippen molar-refractivity contribution in [2.75, 3.05) is 0 Å². The van der Waals surface area contributed by atoms with E-state index in [1.165, 1.54) is 19.3 Å². The molecule has 3 aliphatic rings. The number of unbranched alkanes of at least 4 members (excludes halogenated alkanes) is 1. The van der Waals surface area contributed by atoms with Crippen LogP contribution in [0.2, 0.25) is 0 Å². The van der Waals surface area contributed by atoms with E-state index in [0.717, 1.165) is 51.2 Å². The zero-order valence-corrected chi connectivity index (χ0v) is 20.3. The lowest BCUT2D eigenvalue weighted by Crippen LogP contribution is -2.57. The minimum Gasteiger partial charge on any atom is -0.346 e. The summed E-state index contributed by atoms with van der Waals surface area (Å²) in [5.41, 5.74) is 1.42. The number of carbonyl (C=O) groups is 2. The number of alkyl halides is 1. The van der Waals surface area contributed by atoms with Crippen LogP contribution < -0.4 is 5.32 Å². The standard InChI is InChI=1S/C24H38INO2/c1-5-6-8-18(16-27)26-21(28)24(4)13-7-12-23(3)19-11-14-22(2,25)15-17(19)9-10-20(23)24/h11,16-18,20H,5-10,12-15H2,1-4H3,(H,26,28)/t17?,18-,20?,22-,23-,24+/m0/s1. The Kier molecular flexibility index (Phi) is 6.68. The van der Waals surface area contributed by atoms with Crippen LogP contribution in [0.3, 0.4) is 0 Å². The lowest BCUT2D eigenvalue weighted by Gasteiger charge is -2.58. The van der Waals surface area contributed by atoms with Gasteiger partial charge in [-0.1, -0.05) is 81.2 Å². The normalized spacial score (nSPS) is 41.2. The van der Waals surface area contributed by atoms with Crippen molar-refractivity contribution >= 4 is 34.8 Å². The van der Waals surface area contributed by atoms with Crippen molar-refractivity contribution in [3.63, 3.8) is 0 Å². The van der Waals surface area contributed by atoms with E-state index in [1.807, 2.05) is 0 Å². The molecule has 2 saturated carbocycles. The Balaban J connectivity index is 1.83. The maximum atomic E-state index is 13.4. The van der Waals surface area contributed by atoms with Gasteiger partial charge in [0, 0.05) is 3.42 Å². The minimum atomic E-state index is -0.364. The predicted octanol–water partition coefficient (Wildman–Crippen LogP) is 6.00. The molecule has 2 unspecified atom stereocenters. The van der Waals surface area contributed by atoms with Crippen LogP contribution in [0.15, 0.2) is 11.6 Å². The van der Waals surface area contributed by atoms with Crippen LogP contribution in [0.25, 0.3) is 0 Å². The molecule has 0 heterocycles. The number of rotatable bonds is 6. The quantitative estimate of drug-likeness (QED) is 0.211. The van der Waals surface area contributed by atoms with Gasteiger partial charge < -0.3 is 10.1 Å². The highest BCUT2D eigenvalue weighted by atomic mass is 127. The summed E-state index contributed by atoms with van der Waals surface area (Å²) in [6.07, 6.45) is 14.3. The highest BCUT2D eigenvalue weighted by Crippen LogP contribution is 2.63. The largest absolute Gasteiger partial charge is 0.346 e. The van der Waals surface area contributed by atoms with Crippen molar-refractivity contribution in [1.82, 2.24) is 5.32 Å². The Morgan fingerprint density at radius 3 is 2.75 bits per heavy atom. The summed E-state index contributed by atoms with van der Waals surface area (Å²) >= 11 is 2.64. The molecule has 1 N–H and O–H groups in total. The van der Waals surface area contributed by atoms with Gasteiger partial charge in [-0.3, -0.25) is 4.79 Å². The van der Waals surface area contributed by atoms with Gasteiger partial charge in [0.05, 0.1) is 11.5 Å². The molecule has 6 atom stereocenters. The third kappa shape index (κ3) is 4.09. The summed E-state index contributed by atoms with van der Waals surface area (Å²) in [7, 11) is 0. The molecule has 0 aromatic heterocycles. The van der Waals surface area contributed by atoms with E-state index in [4.69, 9.17) is 0 Å². The fraction of sp³-hybridized carbons (Fsp3) is 0.833. The van der Waals surface area contributed by atoms with Gasteiger partial charge >= 0.3 is 0 Å². The molecule has 0 aliphatic heterocycles. The van der Waals surface area contributed by atoms with Gasteiger partial charge in [0.2, 0.25) is 5.91 Å². The fourth-order valence-corrected chi connectivity index (χ4v) is 7.33. The van der Waals surface area contributed by atoms with Gasteiger partial charge in [0.1, 0.15) is 6.29 Å². The predicted molar refractivity (Wildman–Crippen MR) is 124 cm³/mol. The van der Waals surface area contributed by atoms with Gasteiger partial charge in [-0.15, -0.1) is 0 Å². The van der Waals surface area contributed by atoms with Crippen LogP contribution in [0.5, 0.6) is 0 Å². The molecule has 1 amide bonds. The number of aldehydes is 1. The van der Waals surface area contributed by atoms with Crippen LogP contribution in [-0.4, -0.2) is 21.7 Å². The lowest BCUT2D eigenvalue weighted by molar-refractivity contribution is -0.143. The first-order valence-corrected chi connectivity index (χ1v) is 12.4. The summed E-state index contributed by atoms with van der Waals surface area (Å²) in [5, 5.41) is 3.12. The molecular weight excluding hydrogens is 461 g/mol. The van der Waals surface area contributed by atoms with Gasteiger partial charge in [0.25, 0.3) is 0 Å². The molecule has 0 radical (unpaired) electrons. The van der Waals surface area contributed by atoms with Gasteiger partial charge in [-0.25, -0.2) is 0 Å². The van der Waals surface area contributed by atoms with E-state index in [-0.39, 0.29) is 22.8 Å². The van der Waals surface area contributed by atoms with Crippen molar-refractivity contribution in [1.29, 1.82) is 0 Å². The summed E-state index contributed by atoms with van der Waals surface area (Å²) < 4.78 is 0.376. The maximum absolute atomic E-state index is 13.4. The monoisotopic (exact) mass is 499 g/mol. The second-order valence-corrected chi connectivity index (χ2v) is 13.0. The Hall–Kier alpha value is -0.390. The summed E-state index contributed by atoms with van der Waals surface area (Å²) in [6.45, 7) is 9.11. The zero-order valence-electron chi connectivity index (χ0n) is 18.2. The number of hydrogen-bond donors (Lipinski definition) is 1. The molecule has 0 bridgehead atoms. The van der Waals surface area contributed by atoms with Gasteiger partial charge in [-0.2, -0.15) is 0 Å². The smallest absolute Gasteiger partial charge is 0.226 e. The Morgan fingerprint density at radius 2 is 2.07 bits per heavy atom. The summed E-state index contributed by atoms with van der Waals surface area (Å²) in [6, 6.07) is -0.331. The number of allylic oxidation sites excluding steroid dienone is 2. The molecule has 3 rings (SSSR count). The Morgan fingerprint density at radius 1 is 1.32 bits per heavy atom. The molecule has 0 saturated heterocycles. The first-order chi connectivity index (χ1) is 13.2. The first-order valence-electron chi connectivity index (χ1n) is 11.3. The number of fused-ring (bicyclic) bond motifs is 3. The van der Waals surface area contributed by atoms with Crippen molar-refractivity contribution in [3.05, 3.63) is 11.6 Å². The van der Waals surface area contributed by atoms with E-state index in [1.54, 1.807) is 5.57 Å². The number of hydrogen-bond acceptors (Lipinski definition) is 2. The lowest BCUT2D eigenvalue weighted by atomic mass is 9.46. The van der Waals surface area contributed by atoms with Crippen LogP contribution in [0.1, 0.15) is 91.9 Å². The third-order valence-electron chi connectivity index (χ3n) is 8.12. The maximum Gasteiger partial charge on any atom is 0.226 e. The molecule has 28 heavy (non-hydrogen) atoms. The zero-order chi connectivity index (χ0) is 20.6. The molecular formula is C24H38INO2. The summed E-state index contributed by atoms with van der Waals surface area (Å²) in [5.74, 6) is 1.19. The number of halogens is 1. The average Bonchev–Trinajstić information content (AvgIpc) is 2.63. The van der Waals surface area contributed by atoms with Gasteiger partial charge in [0.15, 0.2) is 0 Å². The molecule has 0 aromatic rings. The summed E-state index contributed by atoms with van der Waals surface area (Å²) in [4.78, 5) is 24.9. The van der Waals surface area contributed by atoms with Crippen LogP contribution in [0.4, 0.5) is 0 Å². The van der Waals surface area contributed by atoms with E-state index >= 15 is 0 Å². The highest BCUT2D eigenvalue weighted by molar-refractivity contribution is 14.1. The number of nitrogens with one attached hydrogen (secondary N) is 1. The van der Waals surface area contributed by atoms with Crippen molar-refractivity contribution in [2.24, 2.45) is 22.7 Å². The third-order valence-corrected chi connectivity index (χ3v) is 9.00. The molecule has 3 nitrogen and oxygen atoms in total. The van der Waals surface area contributed by atoms with Crippen molar-refractivity contribution in [2.45, 2.75) is 101 Å². The molecule has 2 fully saturated rings. The second kappa shape index (κ2) is 8.39. The number of carbonyl (C=O) groups excluding carboxylic acids is 2. The van der Waals surface area contributed by atoms with Gasteiger partial charge in [-0.05, 0) is 62.2 Å². The van der Waals surface area contributed by atoms with E-state index in [0.29, 0.717) is 15.3 Å². The Labute approximate surface area is 185 Å². The highest BCUT2D eigenvalue weighted by Gasteiger charge is 2.57. The second-order valence-electron chi connectivity index (χ2n) is 10.4. The molecule has 3 aliphatic carbocycles. The molecule has 0 spiro atoms. The van der Waals surface area contributed by atoms with Crippen LogP contribution in [0, 0.1) is 22.7 Å². The topological polar surface area (TPSA) is 46.2 Å². The number of amides is 1. The van der Waals surface area contributed by atoms with Crippen LogP contribution >= 0.6 is 22.6 Å². The van der Waals surface area contributed by atoms with E-state index in [9.17, 15) is 9.59 Å². The van der Waals surface area contributed by atoms with Crippen molar-refractivity contribution in [3.8, 4) is 0 Å². The minimum absolute atomic E-state index is 0.116. The fourth-order valence-electron chi connectivity index (χ4n) is 6.58. The molecule has 158 valence electrons. The first kappa shape index (κ1) is 22.3. The molecule has 4 heteroatoms. The SMILES string of the molecule is CCCC[C@@H](C=O)NC(=O)[C@]1(C)CCC[C@@]2(C)C3=CC[C@](C)(I)CC3CCC12. The average molecular weight is 499 g/mol. The Bertz CT molecular complexity index is 643. The molecule has 0 aromatic carbocycles. The van der Waals surface area contributed by atoms with E-state index < -0.39 is 0 Å². The van der Waals surface area contributed by atoms with Crippen LogP contribution in [-0.2, 0) is 9.59 Å². The van der Waals surface area contributed by atoms with Crippen molar-refractivity contribution < 1.29 is 9.59 Å².